The largest absolute Gasteiger partial charge is 0.391 e. The van der Waals surface area contributed by atoms with Crippen molar-refractivity contribution in [1.82, 2.24) is 5.32 Å². The van der Waals surface area contributed by atoms with Gasteiger partial charge in [-0.3, -0.25) is 9.35 Å². The molecule has 0 heterocycles. The van der Waals surface area contributed by atoms with Gasteiger partial charge in [0, 0.05) is 6.42 Å². The summed E-state index contributed by atoms with van der Waals surface area (Å²) >= 11 is 0. The molecule has 0 aromatic carbocycles. The first kappa shape index (κ1) is 36.3. The maximum Gasteiger partial charge on any atom is 0.266 e. The Labute approximate surface area is 229 Å². The molecule has 2 atom stereocenters. The average molecular weight is 548 g/mol. The van der Waals surface area contributed by atoms with Gasteiger partial charge in [0.25, 0.3) is 10.1 Å². The zero-order valence-corrected chi connectivity index (χ0v) is 25.2. The SMILES string of the molecule is CCCCCCCCCCCCCCCCC(=O)NC(CS(=O)(=O)O)C(O)CCCCCCCCCC. The summed E-state index contributed by atoms with van der Waals surface area (Å²) in [5.41, 5.74) is 0. The molecule has 0 radical (unpaired) electrons. The first-order valence-electron chi connectivity index (χ1n) is 15.7. The van der Waals surface area contributed by atoms with Crippen LogP contribution >= 0.6 is 0 Å². The van der Waals surface area contributed by atoms with Crippen LogP contribution in [-0.4, -0.2) is 41.9 Å². The third-order valence-electron chi connectivity index (χ3n) is 7.31. The molecule has 0 rings (SSSR count). The quantitative estimate of drug-likeness (QED) is 0.0677. The number of rotatable bonds is 28. The van der Waals surface area contributed by atoms with Gasteiger partial charge in [-0.2, -0.15) is 8.42 Å². The number of aliphatic hydroxyl groups excluding tert-OH is 1. The first-order chi connectivity index (χ1) is 17.8. The Bertz CT molecular complexity index is 611. The summed E-state index contributed by atoms with van der Waals surface area (Å²) in [6.07, 6.45) is 26.3. The molecule has 37 heavy (non-hydrogen) atoms. The Kier molecular flexibility index (Phi) is 25.2. The number of aliphatic hydroxyl groups is 1. The van der Waals surface area contributed by atoms with Crippen LogP contribution in [0.2, 0.25) is 0 Å². The van der Waals surface area contributed by atoms with Gasteiger partial charge < -0.3 is 10.4 Å². The van der Waals surface area contributed by atoms with Crippen molar-refractivity contribution in [3.05, 3.63) is 0 Å². The normalized spacial score (nSPS) is 13.5. The standard InChI is InChI=1S/C30H61NO5S/c1-3-5-7-9-11-13-14-15-16-17-18-20-22-24-26-30(33)31-28(27-37(34,35)36)29(32)25-23-21-19-12-10-8-6-4-2/h28-29,32H,3-27H2,1-2H3,(H,31,33)(H,34,35,36). The van der Waals surface area contributed by atoms with E-state index in [-0.39, 0.29) is 5.91 Å². The lowest BCUT2D eigenvalue weighted by molar-refractivity contribution is -0.122. The van der Waals surface area contributed by atoms with Crippen LogP contribution in [0.25, 0.3) is 0 Å². The molecule has 0 spiro atoms. The topological polar surface area (TPSA) is 104 Å². The van der Waals surface area contributed by atoms with Gasteiger partial charge in [-0.15, -0.1) is 0 Å². The highest BCUT2D eigenvalue weighted by Gasteiger charge is 2.26. The fourth-order valence-corrected chi connectivity index (χ4v) is 5.68. The third kappa shape index (κ3) is 26.7. The van der Waals surface area contributed by atoms with Gasteiger partial charge in [0.05, 0.1) is 17.9 Å². The maximum absolute atomic E-state index is 12.4. The molecule has 0 aliphatic carbocycles. The second-order valence-electron chi connectivity index (χ2n) is 11.1. The van der Waals surface area contributed by atoms with E-state index in [4.69, 9.17) is 0 Å². The van der Waals surface area contributed by atoms with Crippen LogP contribution in [-0.2, 0) is 14.9 Å². The van der Waals surface area contributed by atoms with Crippen molar-refractivity contribution < 1.29 is 22.9 Å². The molecule has 0 fully saturated rings. The van der Waals surface area contributed by atoms with E-state index >= 15 is 0 Å². The molecule has 0 saturated carbocycles. The predicted octanol–water partition coefficient (Wildman–Crippen LogP) is 8.12. The van der Waals surface area contributed by atoms with Crippen molar-refractivity contribution in [3.63, 3.8) is 0 Å². The zero-order valence-electron chi connectivity index (χ0n) is 24.4. The van der Waals surface area contributed by atoms with Crippen molar-refractivity contribution in [2.24, 2.45) is 0 Å². The Balaban J connectivity index is 3.93. The highest BCUT2D eigenvalue weighted by Crippen LogP contribution is 2.15. The van der Waals surface area contributed by atoms with Crippen LogP contribution in [0.5, 0.6) is 0 Å². The summed E-state index contributed by atoms with van der Waals surface area (Å²) in [6, 6.07) is -0.960. The molecule has 0 aliphatic heterocycles. The lowest BCUT2D eigenvalue weighted by Crippen LogP contribution is -2.47. The minimum atomic E-state index is -4.29. The van der Waals surface area contributed by atoms with E-state index in [1.807, 2.05) is 0 Å². The second kappa shape index (κ2) is 25.6. The highest BCUT2D eigenvalue weighted by atomic mass is 32.2. The number of carbonyl (C=O) groups excluding carboxylic acids is 1. The van der Waals surface area contributed by atoms with E-state index in [2.05, 4.69) is 19.2 Å². The van der Waals surface area contributed by atoms with E-state index in [1.165, 1.54) is 103 Å². The molecule has 0 aromatic heterocycles. The smallest absolute Gasteiger partial charge is 0.266 e. The minimum Gasteiger partial charge on any atom is -0.391 e. The van der Waals surface area contributed by atoms with Crippen molar-refractivity contribution in [3.8, 4) is 0 Å². The Morgan fingerprint density at radius 1 is 0.622 bits per heavy atom. The fraction of sp³-hybridized carbons (Fsp3) is 0.967. The summed E-state index contributed by atoms with van der Waals surface area (Å²) in [4.78, 5) is 12.4. The Hall–Kier alpha value is -0.660. The van der Waals surface area contributed by atoms with Crippen molar-refractivity contribution in [2.45, 2.75) is 180 Å². The van der Waals surface area contributed by atoms with Crippen molar-refractivity contribution >= 4 is 16.0 Å². The number of hydrogen-bond acceptors (Lipinski definition) is 4. The fourth-order valence-electron chi connectivity index (χ4n) is 4.92. The van der Waals surface area contributed by atoms with E-state index < -0.39 is 28.0 Å². The van der Waals surface area contributed by atoms with Crippen LogP contribution in [0.15, 0.2) is 0 Å². The molecule has 1 amide bonds. The number of amides is 1. The van der Waals surface area contributed by atoms with Crippen LogP contribution < -0.4 is 5.32 Å². The molecular weight excluding hydrogens is 486 g/mol. The monoisotopic (exact) mass is 547 g/mol. The maximum atomic E-state index is 12.4. The van der Waals surface area contributed by atoms with Gasteiger partial charge in [-0.25, -0.2) is 0 Å². The summed E-state index contributed by atoms with van der Waals surface area (Å²) in [5.74, 6) is -0.891. The Morgan fingerprint density at radius 3 is 1.35 bits per heavy atom. The molecule has 0 aliphatic rings. The first-order valence-corrected chi connectivity index (χ1v) is 17.3. The molecule has 0 saturated heterocycles. The van der Waals surface area contributed by atoms with Gasteiger partial charge in [0.2, 0.25) is 5.91 Å². The molecule has 2 unspecified atom stereocenters. The number of carbonyl (C=O) groups is 1. The average Bonchev–Trinajstić information content (AvgIpc) is 2.84. The van der Waals surface area contributed by atoms with Crippen molar-refractivity contribution in [1.29, 1.82) is 0 Å². The molecule has 0 bridgehead atoms. The summed E-state index contributed by atoms with van der Waals surface area (Å²) in [5, 5.41) is 13.2. The molecule has 222 valence electrons. The lowest BCUT2D eigenvalue weighted by atomic mass is 10.0. The molecule has 3 N–H and O–H groups in total. The van der Waals surface area contributed by atoms with Crippen LogP contribution in [0, 0.1) is 0 Å². The molecule has 7 heteroatoms. The van der Waals surface area contributed by atoms with Gasteiger partial charge in [0.15, 0.2) is 0 Å². The highest BCUT2D eigenvalue weighted by molar-refractivity contribution is 7.85. The van der Waals surface area contributed by atoms with Crippen molar-refractivity contribution in [2.75, 3.05) is 5.75 Å². The number of nitrogens with one attached hydrogen (secondary N) is 1. The zero-order chi connectivity index (χ0) is 27.6. The number of hydrogen-bond donors (Lipinski definition) is 3. The molecule has 6 nitrogen and oxygen atoms in total. The van der Waals surface area contributed by atoms with E-state index in [0.717, 1.165) is 38.5 Å². The van der Waals surface area contributed by atoms with Crippen LogP contribution in [0.4, 0.5) is 0 Å². The van der Waals surface area contributed by atoms with E-state index in [1.54, 1.807) is 0 Å². The summed E-state index contributed by atoms with van der Waals surface area (Å²) < 4.78 is 32.1. The van der Waals surface area contributed by atoms with E-state index in [0.29, 0.717) is 12.8 Å². The van der Waals surface area contributed by atoms with E-state index in [9.17, 15) is 22.9 Å². The van der Waals surface area contributed by atoms with Gasteiger partial charge in [0.1, 0.15) is 0 Å². The lowest BCUT2D eigenvalue weighted by Gasteiger charge is -2.23. The third-order valence-corrected chi connectivity index (χ3v) is 8.09. The number of unbranched alkanes of at least 4 members (excludes halogenated alkanes) is 20. The van der Waals surface area contributed by atoms with Gasteiger partial charge in [-0.05, 0) is 12.8 Å². The summed E-state index contributed by atoms with van der Waals surface area (Å²) in [7, 11) is -4.29. The minimum absolute atomic E-state index is 0.248. The molecule has 0 aromatic rings. The van der Waals surface area contributed by atoms with Gasteiger partial charge in [-0.1, -0.05) is 149 Å². The summed E-state index contributed by atoms with van der Waals surface area (Å²) in [6.45, 7) is 4.45. The van der Waals surface area contributed by atoms with Crippen LogP contribution in [0.1, 0.15) is 168 Å². The predicted molar refractivity (Wildman–Crippen MR) is 157 cm³/mol. The van der Waals surface area contributed by atoms with Crippen LogP contribution in [0.3, 0.4) is 0 Å². The second-order valence-corrected chi connectivity index (χ2v) is 12.6. The Morgan fingerprint density at radius 2 is 0.973 bits per heavy atom. The van der Waals surface area contributed by atoms with Gasteiger partial charge >= 0.3 is 0 Å². The molecular formula is C30H61NO5S.